The summed E-state index contributed by atoms with van der Waals surface area (Å²) in [7, 11) is 0. The quantitative estimate of drug-likeness (QED) is 0.0397. The third kappa shape index (κ3) is 14.8. The number of hydrogen-bond acceptors (Lipinski definition) is 17. The number of benzene rings is 3. The van der Waals surface area contributed by atoms with Crippen LogP contribution in [0.15, 0.2) is 171 Å². The van der Waals surface area contributed by atoms with Crippen molar-refractivity contribution in [1.29, 1.82) is 0 Å². The second kappa shape index (κ2) is 29.4. The number of fused-ring (bicyclic) bond motifs is 9. The lowest BCUT2D eigenvalue weighted by atomic mass is 9.99. The monoisotopic (exact) mass is 1300 g/mol. The molecule has 23 nitrogen and oxygen atoms in total. The summed E-state index contributed by atoms with van der Waals surface area (Å²) in [5.74, 6) is -0.735. The van der Waals surface area contributed by atoms with Crippen LogP contribution >= 0.6 is 0 Å². The van der Waals surface area contributed by atoms with Crippen molar-refractivity contribution in [2.75, 3.05) is 19.6 Å². The van der Waals surface area contributed by atoms with Crippen molar-refractivity contribution in [3.05, 3.63) is 212 Å². The number of carbonyl (C=O) groups is 1. The van der Waals surface area contributed by atoms with Crippen LogP contribution in [0, 0.1) is 17.5 Å². The molecule has 0 amide bonds. The zero-order valence-electron chi connectivity index (χ0n) is 52.5. The molecule has 6 bridgehead atoms. The van der Waals surface area contributed by atoms with Crippen LogP contribution in [0.2, 0.25) is 0 Å². The molecule has 6 atom stereocenters. The van der Waals surface area contributed by atoms with Crippen LogP contribution in [-0.4, -0.2) is 159 Å². The van der Waals surface area contributed by atoms with Gasteiger partial charge < -0.3 is 24.6 Å². The average molecular weight is 1300 g/mol. The number of Topliss-reactive ketones (excluding diaryl/α,β-unsaturated/α-hetero) is 1. The molecule has 0 aliphatic carbocycles. The topological polar surface area (TPSA) is 238 Å². The first-order chi connectivity index (χ1) is 46.3. The minimum absolute atomic E-state index is 0.0202. The van der Waals surface area contributed by atoms with Gasteiger partial charge in [0.2, 0.25) is 0 Å². The number of hydrogen-bond donors (Lipinski definition) is 2. The second-order valence-electron chi connectivity index (χ2n) is 25.6. The van der Waals surface area contributed by atoms with Crippen LogP contribution in [0.1, 0.15) is 93.7 Å². The molecule has 3 aromatic carbocycles. The minimum Gasteiger partial charge on any atom is -0.411 e. The van der Waals surface area contributed by atoms with Crippen molar-refractivity contribution < 1.29 is 42.6 Å². The van der Waals surface area contributed by atoms with Gasteiger partial charge in [-0.2, -0.15) is 0 Å². The molecule has 0 spiro atoms. The number of ether oxygens (including phenoxy) is 3. The Labute approximate surface area is 544 Å². The maximum atomic E-state index is 13.9. The Balaban J connectivity index is 0.000000129. The Morgan fingerprint density at radius 3 is 0.979 bits per heavy atom. The molecule has 6 fully saturated rings. The molecule has 6 aliphatic rings. The highest BCUT2D eigenvalue weighted by atomic mass is 19.1. The van der Waals surface area contributed by atoms with Gasteiger partial charge in [-0.05, 0) is 132 Å². The molecule has 0 radical (unpaired) electrons. The molecule has 95 heavy (non-hydrogen) atoms. The van der Waals surface area contributed by atoms with Crippen molar-refractivity contribution in [1.82, 2.24) is 57.2 Å². The number of halogens is 3. The van der Waals surface area contributed by atoms with E-state index < -0.39 is 0 Å². The minimum atomic E-state index is -0.299. The third-order valence-corrected chi connectivity index (χ3v) is 19.6. The molecule has 498 valence electrons. The van der Waals surface area contributed by atoms with Crippen LogP contribution in [-0.2, 0) is 58.5 Å². The van der Waals surface area contributed by atoms with Crippen LogP contribution in [0.3, 0.4) is 0 Å². The summed E-state index contributed by atoms with van der Waals surface area (Å²) in [4.78, 5) is 57.2. The molecular formula is C69H77F3N14O9. The number of rotatable bonds is 21. The van der Waals surface area contributed by atoms with E-state index in [0.717, 1.165) is 77.0 Å². The number of oxime groups is 2. The largest absolute Gasteiger partial charge is 0.411 e. The van der Waals surface area contributed by atoms with E-state index in [1.165, 1.54) is 45.4 Å². The fourth-order valence-electron chi connectivity index (χ4n) is 15.0. The van der Waals surface area contributed by atoms with Gasteiger partial charge in [-0.25, -0.2) is 41.6 Å². The maximum absolute atomic E-state index is 13.9. The van der Waals surface area contributed by atoms with Gasteiger partial charge in [-0.15, -0.1) is 15.3 Å². The number of aromatic nitrogens is 9. The first-order valence-electron chi connectivity index (χ1n) is 32.7. The first-order valence-corrected chi connectivity index (χ1v) is 32.7. The molecule has 0 saturated carbocycles. The van der Waals surface area contributed by atoms with Crippen molar-refractivity contribution >= 4 is 34.1 Å². The van der Waals surface area contributed by atoms with Gasteiger partial charge in [0.1, 0.15) is 24.0 Å². The van der Waals surface area contributed by atoms with Gasteiger partial charge in [-0.1, -0.05) is 83.1 Å². The maximum Gasteiger partial charge on any atom is 0.350 e. The van der Waals surface area contributed by atoms with Crippen LogP contribution in [0.4, 0.5) is 13.2 Å². The normalized spacial score (nSPS) is 23.7. The van der Waals surface area contributed by atoms with E-state index in [1.807, 2.05) is 36.4 Å². The molecule has 6 aliphatic heterocycles. The number of carbonyl (C=O) groups excluding carboxylic acids is 1. The summed E-state index contributed by atoms with van der Waals surface area (Å²) in [5.41, 5.74) is 3.56. The van der Waals surface area contributed by atoms with E-state index in [9.17, 15) is 42.8 Å². The number of pyridine rings is 3. The zero-order chi connectivity index (χ0) is 65.5. The molecule has 6 aromatic heterocycles. The van der Waals surface area contributed by atoms with E-state index in [1.54, 1.807) is 91.4 Å². The van der Waals surface area contributed by atoms with E-state index >= 15 is 0 Å². The molecule has 26 heteroatoms. The van der Waals surface area contributed by atoms with Gasteiger partial charge in [0.25, 0.3) is 0 Å². The van der Waals surface area contributed by atoms with E-state index in [-0.39, 0.29) is 110 Å². The molecule has 6 unspecified atom stereocenters. The van der Waals surface area contributed by atoms with Crippen LogP contribution in [0.5, 0.6) is 0 Å². The number of ketones is 1. The molecule has 2 N–H and O–H groups in total. The van der Waals surface area contributed by atoms with Crippen molar-refractivity contribution in [3.63, 3.8) is 0 Å². The predicted octanol–water partition coefficient (Wildman–Crippen LogP) is 7.77. The van der Waals surface area contributed by atoms with Gasteiger partial charge in [0.05, 0.1) is 69.2 Å². The summed E-state index contributed by atoms with van der Waals surface area (Å²) in [6, 6.07) is 38.0. The Bertz CT molecular complexity index is 4180. The van der Waals surface area contributed by atoms with Crippen molar-refractivity contribution in [2.45, 2.75) is 171 Å². The molecule has 9 aromatic rings. The van der Waals surface area contributed by atoms with Gasteiger partial charge in [0, 0.05) is 84.6 Å². The van der Waals surface area contributed by atoms with Gasteiger partial charge in [0.15, 0.2) is 22.7 Å². The smallest absolute Gasteiger partial charge is 0.350 e. The van der Waals surface area contributed by atoms with E-state index in [4.69, 9.17) is 14.2 Å². The SMILES string of the molecule is O=C(CN1C2CCC1CC(OCc1ccccc1F)C2)Cn1nc2ccccn2c1=O.O=c1n(C/C(CN2C3CCC2CC(OCc2ccccc2F)C3)=N/O)nc2ccccn12.O=c1n(C/C(CN2C3CCC2CC(OCc2ccccc2F)C3)=N\O)nc2ccccn12. The van der Waals surface area contributed by atoms with Gasteiger partial charge in [-0.3, -0.25) is 32.7 Å². The van der Waals surface area contributed by atoms with Crippen molar-refractivity contribution in [3.8, 4) is 0 Å². The lowest BCUT2D eigenvalue weighted by Gasteiger charge is -2.38. The van der Waals surface area contributed by atoms with E-state index in [0.29, 0.717) is 88.9 Å². The Morgan fingerprint density at radius 1 is 0.400 bits per heavy atom. The molecule has 12 heterocycles. The predicted molar refractivity (Wildman–Crippen MR) is 345 cm³/mol. The molecule has 15 rings (SSSR count). The Kier molecular flexibility index (Phi) is 20.0. The summed E-state index contributed by atoms with van der Waals surface area (Å²) >= 11 is 0. The average Bonchev–Trinajstić information content (AvgIpc) is 1.77. The fraction of sp³-hybridized carbons (Fsp3) is 0.435. The molecular weight excluding hydrogens is 1230 g/mol. The second-order valence-corrected chi connectivity index (χ2v) is 25.6. The highest BCUT2D eigenvalue weighted by molar-refractivity contribution is 5.86. The highest BCUT2D eigenvalue weighted by Crippen LogP contribution is 2.40. The molecule has 6 saturated heterocycles. The van der Waals surface area contributed by atoms with E-state index in [2.05, 4.69) is 40.3 Å². The lowest BCUT2D eigenvalue weighted by molar-refractivity contribution is -0.123. The fourth-order valence-corrected chi connectivity index (χ4v) is 15.0. The van der Waals surface area contributed by atoms with Crippen molar-refractivity contribution in [2.24, 2.45) is 10.3 Å². The first kappa shape index (κ1) is 64.8. The van der Waals surface area contributed by atoms with Gasteiger partial charge >= 0.3 is 17.1 Å². The zero-order valence-corrected chi connectivity index (χ0v) is 52.5. The lowest BCUT2D eigenvalue weighted by Crippen LogP contribution is -2.48. The number of nitrogens with zero attached hydrogens (tertiary/aromatic N) is 14. The standard InChI is InChI=1S/2C23H26FN5O3.C23H25FN4O3/c2*24-21-6-2-1-5-16(21)15-32-20-11-18-8-9-19(12-20)28(18)13-17(26-31)14-29-23(30)27-10-4-3-7-22(27)25-29;24-21-6-2-1-5-16(21)15-31-20-11-17-8-9-18(12-20)27(17)13-19(29)14-28-23(30)26-10-4-3-7-22(26)25-28/h2*1-7,10,18-20,31H,8-9,11-15H2;1-7,10,17-18,20H,8-9,11-15H2/b26-17+;26-17-;. The Hall–Kier alpha value is -8.92. The highest BCUT2D eigenvalue weighted by Gasteiger charge is 2.44. The number of piperidine rings is 3. The summed E-state index contributed by atoms with van der Waals surface area (Å²) in [5, 5.41) is 39.1. The van der Waals surface area contributed by atoms with Crippen LogP contribution < -0.4 is 17.1 Å². The Morgan fingerprint density at radius 2 is 0.684 bits per heavy atom. The summed E-state index contributed by atoms with van der Waals surface area (Å²) < 4.78 is 68.0. The van der Waals surface area contributed by atoms with Crippen LogP contribution in [0.25, 0.3) is 16.9 Å². The third-order valence-electron chi connectivity index (χ3n) is 19.6. The summed E-state index contributed by atoms with van der Waals surface area (Å²) in [6.45, 7) is 2.35. The summed E-state index contributed by atoms with van der Waals surface area (Å²) in [6.07, 6.45) is 16.6.